The minimum Gasteiger partial charge on any atom is -0.488 e. The molecule has 0 aliphatic carbocycles. The zero-order valence-electron chi connectivity index (χ0n) is 18.2. The van der Waals surface area contributed by atoms with E-state index in [9.17, 15) is 12.8 Å². The summed E-state index contributed by atoms with van der Waals surface area (Å²) in [5, 5.41) is 0. The third-order valence-corrected chi connectivity index (χ3v) is 5.81. The third kappa shape index (κ3) is 5.47. The van der Waals surface area contributed by atoms with Gasteiger partial charge in [0, 0.05) is 31.1 Å². The summed E-state index contributed by atoms with van der Waals surface area (Å²) in [7, 11) is -1.72. The highest BCUT2D eigenvalue weighted by atomic mass is 32.2. The lowest BCUT2D eigenvalue weighted by Crippen LogP contribution is -2.17. The highest BCUT2D eigenvalue weighted by Crippen LogP contribution is 2.33. The van der Waals surface area contributed by atoms with Crippen molar-refractivity contribution in [1.82, 2.24) is 15.0 Å². The van der Waals surface area contributed by atoms with E-state index in [-0.39, 0.29) is 11.0 Å². The van der Waals surface area contributed by atoms with Crippen molar-refractivity contribution in [3.63, 3.8) is 0 Å². The molecular formula is C23H22FN3O5S. The summed E-state index contributed by atoms with van der Waals surface area (Å²) in [6.45, 7) is 2.26. The van der Waals surface area contributed by atoms with Crippen molar-refractivity contribution in [2.24, 2.45) is 0 Å². The summed E-state index contributed by atoms with van der Waals surface area (Å²) in [4.78, 5) is 11.7. The number of imidazole rings is 1. The van der Waals surface area contributed by atoms with Gasteiger partial charge in [-0.3, -0.25) is 0 Å². The highest BCUT2D eigenvalue weighted by Gasteiger charge is 2.14. The molecule has 172 valence electrons. The number of nitrogens with one attached hydrogen (secondary N) is 1. The number of aromatic amines is 1. The lowest BCUT2D eigenvalue weighted by atomic mass is 10.2. The molecule has 0 spiro atoms. The van der Waals surface area contributed by atoms with Crippen LogP contribution in [0, 0.1) is 5.82 Å². The van der Waals surface area contributed by atoms with Crippen LogP contribution in [0.1, 0.15) is 6.92 Å². The predicted octanol–water partition coefficient (Wildman–Crippen LogP) is 4.37. The molecule has 8 nitrogen and oxygen atoms in total. The topological polar surface area (TPSA) is 103 Å². The van der Waals surface area contributed by atoms with E-state index in [2.05, 4.69) is 15.0 Å². The van der Waals surface area contributed by atoms with Gasteiger partial charge in [0.1, 0.15) is 40.5 Å². The van der Waals surface area contributed by atoms with Gasteiger partial charge in [-0.05, 0) is 43.3 Å². The number of rotatable bonds is 8. The largest absolute Gasteiger partial charge is 0.488 e. The van der Waals surface area contributed by atoms with Gasteiger partial charge >= 0.3 is 0 Å². The van der Waals surface area contributed by atoms with Gasteiger partial charge in [-0.1, -0.05) is 0 Å². The number of sulfone groups is 1. The van der Waals surface area contributed by atoms with Gasteiger partial charge < -0.3 is 19.2 Å². The summed E-state index contributed by atoms with van der Waals surface area (Å²) in [6.07, 6.45) is 2.04. The van der Waals surface area contributed by atoms with Gasteiger partial charge in [0.25, 0.3) is 0 Å². The summed E-state index contributed by atoms with van der Waals surface area (Å²) in [5.74, 6) is 1.39. The maximum atomic E-state index is 13.5. The lowest BCUT2D eigenvalue weighted by Gasteiger charge is -2.16. The SMILES string of the molecule is COCC(C)Oc1cc(Oc2ccc(S(C)(=O)=O)cc2)cc(-c2nc3cc(F)cnc3[nH]2)c1. The Balaban J connectivity index is 1.70. The van der Waals surface area contributed by atoms with Crippen LogP contribution < -0.4 is 9.47 Å². The van der Waals surface area contributed by atoms with Crippen molar-refractivity contribution < 1.29 is 27.0 Å². The quantitative estimate of drug-likeness (QED) is 0.407. The molecular weight excluding hydrogens is 449 g/mol. The predicted molar refractivity (Wildman–Crippen MR) is 121 cm³/mol. The number of hydrogen-bond acceptors (Lipinski definition) is 7. The monoisotopic (exact) mass is 471 g/mol. The number of benzene rings is 2. The standard InChI is InChI=1S/C23H22FN3O5S/c1-14(13-30-2)31-18-8-15(22-26-21-10-16(24)12-25-23(21)27-22)9-19(11-18)32-17-4-6-20(7-5-17)33(3,28)29/h4-12,14H,13H2,1-3H3,(H,25,26,27). The molecule has 0 bridgehead atoms. The first kappa shape index (κ1) is 22.7. The Hall–Kier alpha value is -3.50. The number of hydrogen-bond donors (Lipinski definition) is 1. The van der Waals surface area contributed by atoms with Gasteiger partial charge in [0.2, 0.25) is 0 Å². The van der Waals surface area contributed by atoms with E-state index >= 15 is 0 Å². The normalized spacial score (nSPS) is 12.6. The van der Waals surface area contributed by atoms with E-state index in [4.69, 9.17) is 14.2 Å². The van der Waals surface area contributed by atoms with Crippen molar-refractivity contribution in [3.05, 3.63) is 60.5 Å². The van der Waals surface area contributed by atoms with Crippen LogP contribution >= 0.6 is 0 Å². The summed E-state index contributed by atoms with van der Waals surface area (Å²) >= 11 is 0. The van der Waals surface area contributed by atoms with Crippen LogP contribution in [-0.4, -0.2) is 49.4 Å². The summed E-state index contributed by atoms with van der Waals surface area (Å²) in [6, 6.07) is 12.6. The molecule has 1 atom stereocenters. The first-order valence-corrected chi connectivity index (χ1v) is 11.9. The van der Waals surface area contributed by atoms with Crippen LogP contribution in [0.2, 0.25) is 0 Å². The van der Waals surface area contributed by atoms with Crippen LogP contribution in [0.4, 0.5) is 4.39 Å². The molecule has 0 saturated carbocycles. The molecule has 2 heterocycles. The number of pyridine rings is 1. The lowest BCUT2D eigenvalue weighted by molar-refractivity contribution is 0.0920. The first-order valence-electron chi connectivity index (χ1n) is 10.0. The molecule has 0 aliphatic rings. The van der Waals surface area contributed by atoms with Crippen molar-refractivity contribution in [3.8, 4) is 28.6 Å². The van der Waals surface area contributed by atoms with E-state index < -0.39 is 15.7 Å². The Bertz CT molecular complexity index is 1390. The molecule has 0 saturated heterocycles. The molecule has 0 aliphatic heterocycles. The number of methoxy groups -OCH3 is 1. The maximum absolute atomic E-state index is 13.5. The molecule has 4 aromatic rings. The van der Waals surface area contributed by atoms with E-state index in [0.717, 1.165) is 12.5 Å². The second-order valence-electron chi connectivity index (χ2n) is 7.53. The molecule has 1 N–H and O–H groups in total. The Morgan fingerprint density at radius 1 is 1.06 bits per heavy atom. The molecule has 10 heteroatoms. The van der Waals surface area contributed by atoms with Gasteiger partial charge in [0.15, 0.2) is 15.5 Å². The number of aromatic nitrogens is 3. The molecule has 4 rings (SSSR count). The number of H-pyrrole nitrogens is 1. The van der Waals surface area contributed by atoms with Crippen molar-refractivity contribution in [2.45, 2.75) is 17.9 Å². The van der Waals surface area contributed by atoms with Crippen LogP contribution in [-0.2, 0) is 14.6 Å². The second kappa shape index (κ2) is 9.16. The van der Waals surface area contributed by atoms with Gasteiger partial charge in [-0.2, -0.15) is 0 Å². The zero-order valence-corrected chi connectivity index (χ0v) is 19.0. The minimum absolute atomic E-state index is 0.197. The Labute approximate surface area is 190 Å². The average molecular weight is 472 g/mol. The number of halogens is 1. The molecule has 0 amide bonds. The maximum Gasteiger partial charge on any atom is 0.175 e. The second-order valence-corrected chi connectivity index (χ2v) is 9.54. The van der Waals surface area contributed by atoms with Crippen molar-refractivity contribution >= 4 is 21.0 Å². The van der Waals surface area contributed by atoms with Gasteiger partial charge in [0.05, 0.1) is 17.7 Å². The fraction of sp³-hybridized carbons (Fsp3) is 0.217. The van der Waals surface area contributed by atoms with E-state index in [0.29, 0.717) is 46.4 Å². The molecule has 0 radical (unpaired) electrons. The minimum atomic E-state index is -3.31. The van der Waals surface area contributed by atoms with Crippen LogP contribution in [0.15, 0.2) is 59.6 Å². The van der Waals surface area contributed by atoms with E-state index in [1.54, 1.807) is 37.4 Å². The first-order chi connectivity index (χ1) is 15.7. The summed E-state index contributed by atoms with van der Waals surface area (Å²) in [5.41, 5.74) is 1.48. The molecule has 0 fully saturated rings. The van der Waals surface area contributed by atoms with Gasteiger partial charge in [-0.25, -0.2) is 22.8 Å². The Kier molecular flexibility index (Phi) is 6.30. The highest BCUT2D eigenvalue weighted by molar-refractivity contribution is 7.90. The number of ether oxygens (including phenoxy) is 3. The third-order valence-electron chi connectivity index (χ3n) is 4.68. The van der Waals surface area contributed by atoms with Crippen molar-refractivity contribution in [1.29, 1.82) is 0 Å². The average Bonchev–Trinajstić information content (AvgIpc) is 3.17. The molecule has 2 aromatic carbocycles. The summed E-state index contributed by atoms with van der Waals surface area (Å²) < 4.78 is 54.0. The Morgan fingerprint density at radius 3 is 2.48 bits per heavy atom. The molecule has 33 heavy (non-hydrogen) atoms. The fourth-order valence-electron chi connectivity index (χ4n) is 3.23. The van der Waals surface area contributed by atoms with E-state index in [1.165, 1.54) is 18.2 Å². The number of nitrogens with zero attached hydrogens (tertiary/aromatic N) is 2. The van der Waals surface area contributed by atoms with E-state index in [1.807, 2.05) is 6.92 Å². The van der Waals surface area contributed by atoms with Crippen LogP contribution in [0.3, 0.4) is 0 Å². The smallest absolute Gasteiger partial charge is 0.175 e. The molecule has 2 aromatic heterocycles. The number of fused-ring (bicyclic) bond motifs is 1. The molecule has 1 unspecified atom stereocenters. The van der Waals surface area contributed by atoms with Crippen LogP contribution in [0.5, 0.6) is 17.2 Å². The van der Waals surface area contributed by atoms with Crippen LogP contribution in [0.25, 0.3) is 22.6 Å². The van der Waals surface area contributed by atoms with Gasteiger partial charge in [-0.15, -0.1) is 0 Å². The Morgan fingerprint density at radius 2 is 1.79 bits per heavy atom. The van der Waals surface area contributed by atoms with Crippen molar-refractivity contribution in [2.75, 3.05) is 20.0 Å². The fourth-order valence-corrected chi connectivity index (χ4v) is 3.87. The zero-order chi connectivity index (χ0) is 23.6.